The molecule has 1 aliphatic rings. The highest BCUT2D eigenvalue weighted by Crippen LogP contribution is 2.47. The van der Waals surface area contributed by atoms with Crippen LogP contribution in [-0.2, 0) is 16.9 Å². The molecule has 94 valence electrons. The maximum absolute atomic E-state index is 8.62. The molecule has 1 N–H and O–H groups in total. The first-order valence-electron chi connectivity index (χ1n) is 5.69. The Morgan fingerprint density at radius 3 is 2.88 bits per heavy atom. The molecule has 0 saturated heterocycles. The molecule has 0 aromatic heterocycles. The van der Waals surface area contributed by atoms with E-state index in [0.29, 0.717) is 0 Å². The van der Waals surface area contributed by atoms with Gasteiger partial charge in [0.1, 0.15) is 6.61 Å². The van der Waals surface area contributed by atoms with Gasteiger partial charge in [0.2, 0.25) is 0 Å². The van der Waals surface area contributed by atoms with Crippen LogP contribution in [0.3, 0.4) is 0 Å². The zero-order chi connectivity index (χ0) is 12.6. The highest BCUT2D eigenvalue weighted by atomic mass is 35.5. The molecule has 1 aliphatic heterocycles. The Bertz CT molecular complexity index is 444. The Morgan fingerprint density at radius 2 is 2.24 bits per heavy atom. The number of fused-ring (bicyclic) bond motifs is 1. The van der Waals surface area contributed by atoms with Crippen molar-refractivity contribution in [3.05, 3.63) is 27.8 Å². The minimum atomic E-state index is 0.139. The standard InChI is InChI=1S/C13H17ClO2S/c1-8-9(7-16-15)6-10(14)12-11(8)13(2,3)4-5-17-12/h6,15H,4-5,7H2,1-3H3. The first-order valence-corrected chi connectivity index (χ1v) is 7.05. The van der Waals surface area contributed by atoms with Crippen LogP contribution in [0.1, 0.15) is 37.0 Å². The van der Waals surface area contributed by atoms with Crippen LogP contribution in [0.5, 0.6) is 0 Å². The van der Waals surface area contributed by atoms with Crippen LogP contribution in [-0.4, -0.2) is 11.0 Å². The lowest BCUT2D eigenvalue weighted by atomic mass is 9.78. The molecule has 0 atom stereocenters. The predicted molar refractivity (Wildman–Crippen MR) is 72.0 cm³/mol. The third-order valence-electron chi connectivity index (χ3n) is 3.47. The summed E-state index contributed by atoms with van der Waals surface area (Å²) in [5, 5.41) is 9.39. The molecule has 17 heavy (non-hydrogen) atoms. The average molecular weight is 273 g/mol. The zero-order valence-electron chi connectivity index (χ0n) is 10.3. The lowest BCUT2D eigenvalue weighted by molar-refractivity contribution is -0.253. The molecule has 0 bridgehead atoms. The van der Waals surface area contributed by atoms with Crippen molar-refractivity contribution in [1.82, 2.24) is 0 Å². The molecule has 0 aliphatic carbocycles. The van der Waals surface area contributed by atoms with E-state index in [0.717, 1.165) is 22.8 Å². The summed E-state index contributed by atoms with van der Waals surface area (Å²) in [6.07, 6.45) is 1.14. The maximum atomic E-state index is 8.62. The van der Waals surface area contributed by atoms with Gasteiger partial charge in [0, 0.05) is 4.90 Å². The SMILES string of the molecule is Cc1c(COO)cc(Cl)c2c1C(C)(C)CCS2. The van der Waals surface area contributed by atoms with E-state index in [1.54, 1.807) is 0 Å². The molecular weight excluding hydrogens is 256 g/mol. The molecule has 1 heterocycles. The average Bonchev–Trinajstić information content (AvgIpc) is 2.24. The highest BCUT2D eigenvalue weighted by Gasteiger charge is 2.31. The Kier molecular flexibility index (Phi) is 3.74. The van der Waals surface area contributed by atoms with Crippen molar-refractivity contribution in [2.75, 3.05) is 5.75 Å². The topological polar surface area (TPSA) is 29.5 Å². The summed E-state index contributed by atoms with van der Waals surface area (Å²) in [5.41, 5.74) is 3.61. The van der Waals surface area contributed by atoms with Crippen LogP contribution in [0, 0.1) is 6.92 Å². The normalized spacial score (nSPS) is 17.9. The van der Waals surface area contributed by atoms with Gasteiger partial charge in [-0.15, -0.1) is 11.8 Å². The van der Waals surface area contributed by atoms with Crippen molar-refractivity contribution >= 4 is 23.4 Å². The van der Waals surface area contributed by atoms with E-state index >= 15 is 0 Å². The fourth-order valence-corrected chi connectivity index (χ4v) is 4.46. The molecule has 0 radical (unpaired) electrons. The van der Waals surface area contributed by atoms with Crippen LogP contribution >= 0.6 is 23.4 Å². The van der Waals surface area contributed by atoms with Crippen LogP contribution in [0.15, 0.2) is 11.0 Å². The third-order valence-corrected chi connectivity index (χ3v) is 5.00. The van der Waals surface area contributed by atoms with Gasteiger partial charge in [0.25, 0.3) is 0 Å². The van der Waals surface area contributed by atoms with Gasteiger partial charge in [0.05, 0.1) is 5.02 Å². The van der Waals surface area contributed by atoms with Gasteiger partial charge in [-0.1, -0.05) is 25.4 Å². The summed E-state index contributed by atoms with van der Waals surface area (Å²) in [4.78, 5) is 5.45. The lowest BCUT2D eigenvalue weighted by Crippen LogP contribution is -2.25. The van der Waals surface area contributed by atoms with Crippen molar-refractivity contribution in [2.24, 2.45) is 0 Å². The van der Waals surface area contributed by atoms with E-state index in [-0.39, 0.29) is 12.0 Å². The van der Waals surface area contributed by atoms with Crippen molar-refractivity contribution in [2.45, 2.75) is 44.1 Å². The highest BCUT2D eigenvalue weighted by molar-refractivity contribution is 7.99. The Hall–Kier alpha value is -0.220. The van der Waals surface area contributed by atoms with Gasteiger partial charge in [0.15, 0.2) is 0 Å². The lowest BCUT2D eigenvalue weighted by Gasteiger charge is -2.35. The van der Waals surface area contributed by atoms with E-state index in [1.165, 1.54) is 16.0 Å². The van der Waals surface area contributed by atoms with Crippen molar-refractivity contribution in [1.29, 1.82) is 0 Å². The Morgan fingerprint density at radius 1 is 1.53 bits per heavy atom. The van der Waals surface area contributed by atoms with Crippen LogP contribution in [0.25, 0.3) is 0 Å². The summed E-state index contributed by atoms with van der Waals surface area (Å²) in [5.74, 6) is 1.11. The second-order valence-corrected chi connectivity index (χ2v) is 6.61. The summed E-state index contributed by atoms with van der Waals surface area (Å²) in [7, 11) is 0. The van der Waals surface area contributed by atoms with E-state index in [2.05, 4.69) is 25.7 Å². The number of thioether (sulfide) groups is 1. The Labute approximate surface area is 111 Å². The molecule has 0 spiro atoms. The van der Waals surface area contributed by atoms with Gasteiger partial charge in [-0.2, -0.15) is 0 Å². The van der Waals surface area contributed by atoms with Crippen molar-refractivity contribution in [3.8, 4) is 0 Å². The van der Waals surface area contributed by atoms with Crippen molar-refractivity contribution in [3.63, 3.8) is 0 Å². The molecule has 2 rings (SSSR count). The molecular formula is C13H17ClO2S. The smallest absolute Gasteiger partial charge is 0.107 e. The zero-order valence-corrected chi connectivity index (χ0v) is 11.9. The summed E-state index contributed by atoms with van der Waals surface area (Å²) in [6.45, 7) is 6.77. The molecule has 0 amide bonds. The number of hydrogen-bond donors (Lipinski definition) is 1. The number of benzene rings is 1. The molecule has 1 aromatic rings. The van der Waals surface area contributed by atoms with Crippen LogP contribution < -0.4 is 0 Å². The molecule has 0 saturated carbocycles. The summed E-state index contributed by atoms with van der Waals surface area (Å²) in [6, 6.07) is 1.90. The Balaban J connectivity index is 2.63. The quantitative estimate of drug-likeness (QED) is 0.639. The maximum Gasteiger partial charge on any atom is 0.107 e. The number of hydrogen-bond acceptors (Lipinski definition) is 3. The summed E-state index contributed by atoms with van der Waals surface area (Å²) < 4.78 is 0. The van der Waals surface area contributed by atoms with Crippen LogP contribution in [0.4, 0.5) is 0 Å². The second kappa shape index (κ2) is 4.81. The van der Waals surface area contributed by atoms with Gasteiger partial charge in [-0.3, -0.25) is 5.26 Å². The molecule has 2 nitrogen and oxygen atoms in total. The van der Waals surface area contributed by atoms with Gasteiger partial charge < -0.3 is 0 Å². The molecule has 0 fully saturated rings. The molecule has 0 unspecified atom stereocenters. The summed E-state index contributed by atoms with van der Waals surface area (Å²) >= 11 is 8.15. The van der Waals surface area contributed by atoms with Gasteiger partial charge in [-0.25, -0.2) is 4.89 Å². The van der Waals surface area contributed by atoms with Crippen molar-refractivity contribution < 1.29 is 10.1 Å². The van der Waals surface area contributed by atoms with E-state index < -0.39 is 0 Å². The minimum Gasteiger partial charge on any atom is -0.251 e. The molecule has 1 aromatic carbocycles. The first kappa shape index (κ1) is 13.2. The van der Waals surface area contributed by atoms with Gasteiger partial charge >= 0.3 is 0 Å². The predicted octanol–water partition coefficient (Wildman–Crippen LogP) is 4.41. The van der Waals surface area contributed by atoms with E-state index in [4.69, 9.17) is 16.9 Å². The number of rotatable bonds is 2. The fourth-order valence-electron chi connectivity index (χ4n) is 2.49. The largest absolute Gasteiger partial charge is 0.251 e. The second-order valence-electron chi connectivity index (χ2n) is 5.10. The number of halogens is 1. The fraction of sp³-hybridized carbons (Fsp3) is 0.538. The third kappa shape index (κ3) is 2.34. The first-order chi connectivity index (χ1) is 7.97. The molecule has 4 heteroatoms. The van der Waals surface area contributed by atoms with Crippen LogP contribution in [0.2, 0.25) is 5.02 Å². The monoisotopic (exact) mass is 272 g/mol. The van der Waals surface area contributed by atoms with E-state index in [9.17, 15) is 0 Å². The minimum absolute atomic E-state index is 0.139. The van der Waals surface area contributed by atoms with E-state index in [1.807, 2.05) is 17.8 Å². The van der Waals surface area contributed by atoms with Gasteiger partial charge in [-0.05, 0) is 47.3 Å².